The maximum Gasteiger partial charge on any atom is 0.449 e. The fourth-order valence-electron chi connectivity index (χ4n) is 1.36. The fourth-order valence-corrected chi connectivity index (χ4v) is 1.36. The number of imidazole rings is 1. The van der Waals surface area contributed by atoms with Gasteiger partial charge in [-0.05, 0) is 10.4 Å². The van der Waals surface area contributed by atoms with E-state index in [1.165, 1.54) is 0 Å². The van der Waals surface area contributed by atoms with Crippen LogP contribution in [0.4, 0.5) is 13.2 Å². The van der Waals surface area contributed by atoms with Gasteiger partial charge in [0, 0.05) is 0 Å². The van der Waals surface area contributed by atoms with E-state index in [4.69, 9.17) is 0 Å². The number of halogens is 3. The standard InChI is InChI=1S/C6H3F3N10/c7-6(8,9)5-10-1(3-12-16-17-13-3)2(11-5)4-14-18-19-15-4/h(H,10,11)(H,12,13,16,17)(H,14,15,18,19). The second kappa shape index (κ2) is 3.82. The Morgan fingerprint density at radius 3 is 2.05 bits per heavy atom. The smallest absolute Gasteiger partial charge is 0.331 e. The number of nitrogens with one attached hydrogen (secondary N) is 3. The van der Waals surface area contributed by atoms with Crippen molar-refractivity contribution in [3.63, 3.8) is 0 Å². The highest BCUT2D eigenvalue weighted by Crippen LogP contribution is 2.32. The Bertz CT molecular complexity index is 613. The number of aromatic nitrogens is 10. The highest BCUT2D eigenvalue weighted by Gasteiger charge is 2.37. The molecule has 10 nitrogen and oxygen atoms in total. The molecule has 0 fully saturated rings. The minimum atomic E-state index is -4.65. The molecule has 0 bridgehead atoms. The van der Waals surface area contributed by atoms with E-state index in [1.807, 2.05) is 0 Å². The fraction of sp³-hybridized carbons (Fsp3) is 0.167. The van der Waals surface area contributed by atoms with Gasteiger partial charge < -0.3 is 4.98 Å². The van der Waals surface area contributed by atoms with Gasteiger partial charge in [-0.1, -0.05) is 0 Å². The number of hydrogen-bond donors (Lipinski definition) is 3. The van der Waals surface area contributed by atoms with Gasteiger partial charge in [0.25, 0.3) is 0 Å². The maximum atomic E-state index is 12.6. The van der Waals surface area contributed by atoms with Crippen LogP contribution in [-0.2, 0) is 6.18 Å². The van der Waals surface area contributed by atoms with E-state index in [9.17, 15) is 13.2 Å². The molecule has 3 aromatic heterocycles. The largest absolute Gasteiger partial charge is 0.449 e. The first-order valence-corrected chi connectivity index (χ1v) is 4.70. The van der Waals surface area contributed by atoms with Gasteiger partial charge in [-0.2, -0.15) is 23.6 Å². The Balaban J connectivity index is 2.19. The highest BCUT2D eigenvalue weighted by molar-refractivity contribution is 5.70. The van der Waals surface area contributed by atoms with Crippen molar-refractivity contribution < 1.29 is 13.2 Å². The molecule has 0 aliphatic heterocycles. The highest BCUT2D eigenvalue weighted by atomic mass is 19.4. The van der Waals surface area contributed by atoms with Gasteiger partial charge in [-0.15, -0.1) is 20.4 Å². The molecular formula is C6H3F3N10. The monoisotopic (exact) mass is 272 g/mol. The molecule has 13 heteroatoms. The molecule has 0 amide bonds. The van der Waals surface area contributed by atoms with Crippen LogP contribution in [0, 0.1) is 0 Å². The van der Waals surface area contributed by atoms with Gasteiger partial charge in [0.05, 0.1) is 0 Å². The summed E-state index contributed by atoms with van der Waals surface area (Å²) in [5.41, 5.74) is -0.287. The van der Waals surface area contributed by atoms with E-state index in [1.54, 1.807) is 0 Å². The average Bonchev–Trinajstić information content (AvgIpc) is 3.09. The summed E-state index contributed by atoms with van der Waals surface area (Å²) in [7, 11) is 0. The van der Waals surface area contributed by atoms with Crippen LogP contribution in [-0.4, -0.2) is 51.2 Å². The van der Waals surface area contributed by atoms with Crippen LogP contribution in [0.1, 0.15) is 5.82 Å². The van der Waals surface area contributed by atoms with Crippen molar-refractivity contribution in [2.24, 2.45) is 0 Å². The van der Waals surface area contributed by atoms with Gasteiger partial charge in [0.2, 0.25) is 17.5 Å². The predicted molar refractivity (Wildman–Crippen MR) is 49.9 cm³/mol. The molecule has 0 aliphatic rings. The minimum absolute atomic E-state index is 0.0946. The van der Waals surface area contributed by atoms with Gasteiger partial charge in [-0.25, -0.2) is 4.98 Å². The van der Waals surface area contributed by atoms with Gasteiger partial charge >= 0.3 is 6.18 Å². The Labute approximate surface area is 100 Å². The summed E-state index contributed by atoms with van der Waals surface area (Å²) < 4.78 is 37.9. The van der Waals surface area contributed by atoms with Crippen LogP contribution in [0.25, 0.3) is 23.0 Å². The molecule has 0 saturated carbocycles. The van der Waals surface area contributed by atoms with Crippen molar-refractivity contribution in [1.82, 2.24) is 51.2 Å². The molecule has 0 saturated heterocycles. The number of alkyl halides is 3. The third-order valence-electron chi connectivity index (χ3n) is 2.10. The number of H-pyrrole nitrogens is 3. The third-order valence-corrected chi connectivity index (χ3v) is 2.10. The number of nitrogens with zero attached hydrogens (tertiary/aromatic N) is 7. The molecule has 0 spiro atoms. The SMILES string of the molecule is FC(F)(F)c1nc(-c2nn[nH]n2)c(-c2nn[nH]n2)[nH]1. The molecule has 3 heterocycles. The summed E-state index contributed by atoms with van der Waals surface area (Å²) in [6, 6.07) is 0. The lowest BCUT2D eigenvalue weighted by atomic mass is 10.3. The van der Waals surface area contributed by atoms with Crippen molar-refractivity contribution in [3.05, 3.63) is 5.82 Å². The summed E-state index contributed by atoms with van der Waals surface area (Å²) >= 11 is 0. The molecule has 19 heavy (non-hydrogen) atoms. The zero-order valence-corrected chi connectivity index (χ0v) is 8.76. The van der Waals surface area contributed by atoms with Gasteiger partial charge in [-0.3, -0.25) is 0 Å². The first kappa shape index (κ1) is 11.2. The molecule has 0 aromatic carbocycles. The Kier molecular flexibility index (Phi) is 2.26. The number of aromatic amines is 3. The van der Waals surface area contributed by atoms with Crippen molar-refractivity contribution in [3.8, 4) is 23.0 Å². The molecule has 0 radical (unpaired) electrons. The second-order valence-electron chi connectivity index (χ2n) is 3.28. The van der Waals surface area contributed by atoms with Crippen LogP contribution in [0.3, 0.4) is 0 Å². The normalized spacial score (nSPS) is 11.9. The van der Waals surface area contributed by atoms with Crippen molar-refractivity contribution in [2.75, 3.05) is 0 Å². The lowest BCUT2D eigenvalue weighted by molar-refractivity contribution is -0.144. The van der Waals surface area contributed by atoms with Crippen LogP contribution in [0.15, 0.2) is 0 Å². The molecule has 3 rings (SSSR count). The lowest BCUT2D eigenvalue weighted by Crippen LogP contribution is -2.07. The van der Waals surface area contributed by atoms with Crippen molar-refractivity contribution in [1.29, 1.82) is 0 Å². The van der Waals surface area contributed by atoms with Crippen LogP contribution in [0.5, 0.6) is 0 Å². The van der Waals surface area contributed by atoms with E-state index in [-0.39, 0.29) is 23.0 Å². The average molecular weight is 272 g/mol. The molecule has 0 unspecified atom stereocenters. The summed E-state index contributed by atoms with van der Waals surface area (Å²) in [6.07, 6.45) is -4.65. The van der Waals surface area contributed by atoms with E-state index in [0.29, 0.717) is 0 Å². The maximum absolute atomic E-state index is 12.6. The molecule has 3 aromatic rings. The Morgan fingerprint density at radius 2 is 1.53 bits per heavy atom. The quantitative estimate of drug-likeness (QED) is 0.586. The van der Waals surface area contributed by atoms with Crippen LogP contribution in [0.2, 0.25) is 0 Å². The summed E-state index contributed by atoms with van der Waals surface area (Å²) in [6.45, 7) is 0. The van der Waals surface area contributed by atoms with E-state index in [2.05, 4.69) is 51.2 Å². The van der Waals surface area contributed by atoms with Crippen LogP contribution >= 0.6 is 0 Å². The van der Waals surface area contributed by atoms with Gasteiger partial charge in [0.15, 0.2) is 0 Å². The second-order valence-corrected chi connectivity index (χ2v) is 3.28. The van der Waals surface area contributed by atoms with Gasteiger partial charge in [0.1, 0.15) is 11.4 Å². The zero-order valence-electron chi connectivity index (χ0n) is 8.76. The Morgan fingerprint density at radius 1 is 0.895 bits per heavy atom. The number of rotatable bonds is 2. The topological polar surface area (TPSA) is 138 Å². The number of tetrazole rings is 2. The molecule has 0 atom stereocenters. The van der Waals surface area contributed by atoms with Crippen molar-refractivity contribution in [2.45, 2.75) is 6.18 Å². The molecular weight excluding hydrogens is 269 g/mol. The first-order valence-electron chi connectivity index (χ1n) is 4.70. The van der Waals surface area contributed by atoms with E-state index in [0.717, 1.165) is 0 Å². The summed E-state index contributed by atoms with van der Waals surface area (Å²) in [5.74, 6) is -1.43. The third kappa shape index (κ3) is 1.90. The first-order chi connectivity index (χ1) is 9.05. The Hall–Kier alpha value is -2.86. The van der Waals surface area contributed by atoms with E-state index >= 15 is 0 Å². The predicted octanol–water partition coefficient (Wildman–Crippen LogP) is -0.211. The molecule has 0 aliphatic carbocycles. The lowest BCUT2D eigenvalue weighted by Gasteiger charge is -1.99. The molecule has 3 N–H and O–H groups in total. The van der Waals surface area contributed by atoms with E-state index < -0.39 is 12.0 Å². The summed E-state index contributed by atoms with van der Waals surface area (Å²) in [5, 5.41) is 25.1. The minimum Gasteiger partial charge on any atom is -0.331 e. The number of hydrogen-bond acceptors (Lipinski definition) is 7. The molecule has 98 valence electrons. The van der Waals surface area contributed by atoms with Crippen molar-refractivity contribution >= 4 is 0 Å². The van der Waals surface area contributed by atoms with Crippen LogP contribution < -0.4 is 0 Å². The summed E-state index contributed by atoms with van der Waals surface area (Å²) in [4.78, 5) is 5.46. The zero-order chi connectivity index (χ0) is 13.5.